The number of hydrogen-bond acceptors (Lipinski definition) is 0. The molecule has 0 aromatic heterocycles. The van der Waals surface area contributed by atoms with Crippen LogP contribution in [0.3, 0.4) is 0 Å². The van der Waals surface area contributed by atoms with E-state index in [0.29, 0.717) is 23.7 Å². The molecule has 0 N–H and O–H groups in total. The molecule has 0 radical (unpaired) electrons. The molecule has 0 fully saturated rings. The molecular formula is C132H176. The van der Waals surface area contributed by atoms with Crippen LogP contribution in [0.2, 0.25) is 0 Å². The maximum atomic E-state index is 2.28. The maximum absolute atomic E-state index is 2.28. The highest BCUT2D eigenvalue weighted by Crippen LogP contribution is 2.28. The summed E-state index contributed by atoms with van der Waals surface area (Å²) in [6, 6.07) is 108. The van der Waals surface area contributed by atoms with Gasteiger partial charge in [0.2, 0.25) is 0 Å². The molecule has 0 saturated carbocycles. The van der Waals surface area contributed by atoms with Gasteiger partial charge in [-0.3, -0.25) is 0 Å². The van der Waals surface area contributed by atoms with E-state index in [1.165, 1.54) is 110 Å². The van der Waals surface area contributed by atoms with E-state index in [1.807, 2.05) is 30.3 Å². The summed E-state index contributed by atoms with van der Waals surface area (Å²) in [6.07, 6.45) is 41.7. The third-order valence-corrected chi connectivity index (χ3v) is 18.9. The number of benzene rings is 13. The van der Waals surface area contributed by atoms with Crippen LogP contribution in [-0.4, -0.2) is 0 Å². The van der Waals surface area contributed by atoms with Crippen molar-refractivity contribution in [3.05, 3.63) is 449 Å². The molecule has 13 aromatic carbocycles. The van der Waals surface area contributed by atoms with Gasteiger partial charge >= 0.3 is 0 Å². The zero-order valence-corrected chi connectivity index (χ0v) is 85.4. The molecule has 0 spiro atoms. The van der Waals surface area contributed by atoms with Crippen LogP contribution in [0.1, 0.15) is 254 Å². The quantitative estimate of drug-likeness (QED) is 0.122. The Morgan fingerprint density at radius 2 is 0.598 bits per heavy atom. The van der Waals surface area contributed by atoms with Crippen molar-refractivity contribution in [3.63, 3.8) is 0 Å². The van der Waals surface area contributed by atoms with Gasteiger partial charge in [-0.25, -0.2) is 0 Å². The molecule has 1 atom stereocenters. The number of rotatable bonds is 4. The molecule has 704 valence electrons. The van der Waals surface area contributed by atoms with E-state index in [0.717, 1.165) is 60.7 Å². The van der Waals surface area contributed by atoms with Gasteiger partial charge in [-0.15, -0.1) is 0 Å². The molecule has 13 aromatic rings. The van der Waals surface area contributed by atoms with E-state index < -0.39 is 0 Å². The van der Waals surface area contributed by atoms with E-state index in [9.17, 15) is 0 Å². The Labute approximate surface area is 808 Å². The molecule has 0 nitrogen and oxygen atoms in total. The minimum atomic E-state index is 0. The number of allylic oxidation sites excluding steroid dienone is 17. The first-order chi connectivity index (χ1) is 62.3. The molecule has 132 heavy (non-hydrogen) atoms. The first-order valence-electron chi connectivity index (χ1n) is 48.5. The van der Waals surface area contributed by atoms with Crippen LogP contribution in [0.15, 0.2) is 411 Å². The summed E-state index contributed by atoms with van der Waals surface area (Å²) in [6.45, 7) is 58.8. The summed E-state index contributed by atoms with van der Waals surface area (Å²) in [5, 5.41) is 15.9. The van der Waals surface area contributed by atoms with Crippen LogP contribution in [0.5, 0.6) is 0 Å². The fourth-order valence-electron chi connectivity index (χ4n) is 12.6. The highest BCUT2D eigenvalue weighted by molar-refractivity contribution is 6.07. The van der Waals surface area contributed by atoms with E-state index in [2.05, 4.69) is 569 Å². The van der Waals surface area contributed by atoms with Gasteiger partial charge in [0.25, 0.3) is 0 Å². The van der Waals surface area contributed by atoms with Gasteiger partial charge in [-0.1, -0.05) is 607 Å². The third-order valence-electron chi connectivity index (χ3n) is 18.9. The SMILES string of the molecule is C.C.C1=CC2=CC=CC2C=C1.C1=Cc2ccccc2C1.C1=c2ccccc2=CC1.CC(C)C.CC(C)C.CC(C)C.CC(C)C.CC(C)C.CC(C)C.CC(C)C1=CC=CC1.CC(C)C1=CCC=C1.CC(C)c1ccccc1.CC(C)c1ccccc1.Cc1ccccc1.c1ccc2c(c1)ccc1ccccc12.c1ccc2cc3ccccc3cc2c1.c1ccc2ccccc2c1. The molecule has 1 unspecified atom stereocenters. The lowest BCUT2D eigenvalue weighted by Gasteiger charge is -2.06. The summed E-state index contributed by atoms with van der Waals surface area (Å²) < 4.78 is 0. The van der Waals surface area contributed by atoms with Crippen molar-refractivity contribution in [1.29, 1.82) is 0 Å². The van der Waals surface area contributed by atoms with E-state index in [4.69, 9.17) is 0 Å². The fraction of sp³-hybridized carbons (Fsp3) is 0.333. The van der Waals surface area contributed by atoms with E-state index >= 15 is 0 Å². The number of hydrogen-bond donors (Lipinski definition) is 0. The van der Waals surface area contributed by atoms with Gasteiger partial charge in [0, 0.05) is 5.92 Å². The van der Waals surface area contributed by atoms with Crippen molar-refractivity contribution < 1.29 is 0 Å². The van der Waals surface area contributed by atoms with E-state index in [-0.39, 0.29) is 14.9 Å². The summed E-state index contributed by atoms with van der Waals surface area (Å²) in [4.78, 5) is 0. The predicted molar refractivity (Wildman–Crippen MR) is 606 cm³/mol. The number of fused-ring (bicyclic) bond motifs is 9. The minimum absolute atomic E-state index is 0. The fourth-order valence-corrected chi connectivity index (χ4v) is 12.6. The first kappa shape index (κ1) is 119. The van der Waals surface area contributed by atoms with Gasteiger partial charge in [-0.2, -0.15) is 0 Å². The van der Waals surface area contributed by atoms with Gasteiger partial charge in [0.05, 0.1) is 0 Å². The Balaban J connectivity index is 0.000000711. The molecule has 19 rings (SSSR count). The van der Waals surface area contributed by atoms with Crippen molar-refractivity contribution in [2.45, 2.75) is 239 Å². The molecule has 0 saturated heterocycles. The van der Waals surface area contributed by atoms with Crippen molar-refractivity contribution in [3.8, 4) is 0 Å². The first-order valence-corrected chi connectivity index (χ1v) is 48.5. The zero-order valence-electron chi connectivity index (χ0n) is 85.4. The standard InChI is InChI=1S/2C14H10.C10H8.3C9H8.2C9H12.2C8H12.C7H8.6C4H10.2CH4/c1-3-7-13-11(5-1)9-10-12-6-2-4-8-14(12)13;1-2-6-12-10-14-8-4-3-7-13(14)9-11(12)5-1;1-2-6-10-8-4-3-7-9(10)5-1;3*1-2-5-9-7-3-6-8(9)4-1;2*1-8(2)9-6-4-3-5-7-9;2*1-7(2)8-5-3-4-6-8;1-7-5-3-2-4-6-7;6*1-4(2)3;;/h2*1-10H;1-8H;1-2,4-7H,3H2;1-6H,7H2;1-8H;2*3-8H,1-2H3;3,5-7H,4H2,1-2H3;3-5,7H,6H2,1-2H3;2-6H,1H3;6*4H,1-3H3;2*1H4. The van der Waals surface area contributed by atoms with Gasteiger partial charge < -0.3 is 0 Å². The van der Waals surface area contributed by atoms with Gasteiger partial charge in [0.15, 0.2) is 0 Å². The molecule has 0 heteroatoms. The lowest BCUT2D eigenvalue weighted by Crippen LogP contribution is -2.19. The average Bonchev–Trinajstić information content (AvgIpc) is 1.13. The topological polar surface area (TPSA) is 0 Å². The summed E-state index contributed by atoms with van der Waals surface area (Å²) in [5.41, 5.74) is 11.5. The predicted octanol–water partition coefficient (Wildman–Crippen LogP) is 39.9. The smallest absolute Gasteiger partial charge is 0.0204 e. The highest BCUT2D eigenvalue weighted by atomic mass is 14.1. The van der Waals surface area contributed by atoms with Crippen molar-refractivity contribution in [2.75, 3.05) is 0 Å². The van der Waals surface area contributed by atoms with Crippen molar-refractivity contribution in [2.24, 2.45) is 53.3 Å². The van der Waals surface area contributed by atoms with Crippen LogP contribution in [0, 0.1) is 60.2 Å². The Kier molecular flexibility index (Phi) is 64.0. The van der Waals surface area contributed by atoms with Crippen LogP contribution in [-0.2, 0) is 6.42 Å². The Bertz CT molecular complexity index is 5190. The van der Waals surface area contributed by atoms with Crippen molar-refractivity contribution in [1.82, 2.24) is 0 Å². The van der Waals surface area contributed by atoms with Crippen molar-refractivity contribution >= 4 is 72.1 Å². The lowest BCUT2D eigenvalue weighted by atomic mass is 9.99. The maximum Gasteiger partial charge on any atom is 0.0204 e. The molecule has 6 aliphatic rings. The Morgan fingerprint density at radius 1 is 0.250 bits per heavy atom. The van der Waals surface area contributed by atoms with Gasteiger partial charge in [-0.05, 0) is 202 Å². The summed E-state index contributed by atoms with van der Waals surface area (Å²) in [7, 11) is 0. The third kappa shape index (κ3) is 55.0. The highest BCUT2D eigenvalue weighted by Gasteiger charge is 2.10. The molecule has 6 aliphatic carbocycles. The zero-order chi connectivity index (χ0) is 95.8. The summed E-state index contributed by atoms with van der Waals surface area (Å²) in [5.74, 6) is 8.35. The molecule has 0 amide bonds. The second-order valence-electron chi connectivity index (χ2n) is 38.5. The Morgan fingerprint density at radius 3 is 0.909 bits per heavy atom. The minimum Gasteiger partial charge on any atom is -0.0805 e. The van der Waals surface area contributed by atoms with Crippen LogP contribution < -0.4 is 10.4 Å². The lowest BCUT2D eigenvalue weighted by molar-refractivity contribution is 0.736. The van der Waals surface area contributed by atoms with Crippen LogP contribution in [0.4, 0.5) is 0 Å². The van der Waals surface area contributed by atoms with Crippen LogP contribution >= 0.6 is 0 Å². The monoisotopic (exact) mass is 1760 g/mol. The second kappa shape index (κ2) is 71.3. The van der Waals surface area contributed by atoms with Crippen LogP contribution in [0.25, 0.3) is 72.1 Å². The van der Waals surface area contributed by atoms with Gasteiger partial charge in [0.1, 0.15) is 0 Å². The molecular weight excluding hydrogens is 1590 g/mol. The molecule has 0 heterocycles. The average molecular weight is 1760 g/mol. The van der Waals surface area contributed by atoms with E-state index in [1.54, 1.807) is 5.57 Å². The molecule has 0 bridgehead atoms. The second-order valence-corrected chi connectivity index (χ2v) is 38.5. The normalized spacial score (nSPS) is 12.5. The molecule has 0 aliphatic heterocycles. The number of aryl methyl sites for hydroxylation is 1. The summed E-state index contributed by atoms with van der Waals surface area (Å²) >= 11 is 0. The largest absolute Gasteiger partial charge is 0.0805 e. The Hall–Kier alpha value is -11.4.